The summed E-state index contributed by atoms with van der Waals surface area (Å²) in [5.41, 5.74) is 3.89. The molecule has 5 nitrogen and oxygen atoms in total. The van der Waals surface area contributed by atoms with Crippen LogP contribution in [-0.4, -0.2) is 48.9 Å². The van der Waals surface area contributed by atoms with Gasteiger partial charge in [0.15, 0.2) is 0 Å². The second kappa shape index (κ2) is 7.68. The number of anilines is 1. The molecule has 1 saturated carbocycles. The summed E-state index contributed by atoms with van der Waals surface area (Å²) in [6, 6.07) is 6.58. The molecule has 0 bridgehead atoms. The lowest BCUT2D eigenvalue weighted by molar-refractivity contribution is -0.135. The molecule has 2 amide bonds. The van der Waals surface area contributed by atoms with Crippen LogP contribution in [0.1, 0.15) is 37.8 Å². The monoisotopic (exact) mass is 357 g/mol. The number of nitrogens with one attached hydrogen (secondary N) is 1. The van der Waals surface area contributed by atoms with Gasteiger partial charge >= 0.3 is 0 Å². The first-order chi connectivity index (χ1) is 12.4. The molecule has 1 N–H and O–H groups in total. The van der Waals surface area contributed by atoms with Gasteiger partial charge in [-0.3, -0.25) is 9.59 Å². The van der Waals surface area contributed by atoms with Gasteiger partial charge in [-0.1, -0.05) is 19.1 Å². The number of carbonyl (C=O) groups excluding carboxylic acids is 2. The Morgan fingerprint density at radius 2 is 1.85 bits per heavy atom. The van der Waals surface area contributed by atoms with Gasteiger partial charge in [-0.05, 0) is 50.8 Å². The number of amides is 2. The third kappa shape index (κ3) is 3.87. The van der Waals surface area contributed by atoms with Gasteiger partial charge < -0.3 is 15.1 Å². The van der Waals surface area contributed by atoms with Crippen LogP contribution in [0.4, 0.5) is 5.69 Å². The minimum atomic E-state index is -0.117. The van der Waals surface area contributed by atoms with Gasteiger partial charge in [-0.25, -0.2) is 0 Å². The maximum absolute atomic E-state index is 12.7. The van der Waals surface area contributed by atoms with Crippen molar-refractivity contribution in [3.8, 4) is 0 Å². The van der Waals surface area contributed by atoms with Crippen LogP contribution in [0.15, 0.2) is 18.2 Å². The lowest BCUT2D eigenvalue weighted by Crippen LogP contribution is -2.49. The maximum Gasteiger partial charge on any atom is 0.226 e. The van der Waals surface area contributed by atoms with Crippen molar-refractivity contribution in [3.63, 3.8) is 0 Å². The first-order valence-electron chi connectivity index (χ1n) is 9.82. The van der Waals surface area contributed by atoms with Crippen LogP contribution < -0.4 is 10.2 Å². The van der Waals surface area contributed by atoms with Crippen molar-refractivity contribution in [1.29, 1.82) is 0 Å². The lowest BCUT2D eigenvalue weighted by atomic mass is 10.1. The number of benzene rings is 1. The predicted octanol–water partition coefficient (Wildman–Crippen LogP) is 2.50. The van der Waals surface area contributed by atoms with Crippen molar-refractivity contribution in [2.75, 3.05) is 31.1 Å². The number of piperazine rings is 1. The molecular formula is C21H31N3O2. The quantitative estimate of drug-likeness (QED) is 0.881. The molecule has 142 valence electrons. The molecule has 2 aliphatic rings. The summed E-state index contributed by atoms with van der Waals surface area (Å²) in [6.07, 6.45) is 1.62. The molecule has 0 aromatic heterocycles. The summed E-state index contributed by atoms with van der Waals surface area (Å²) in [6.45, 7) is 11.5. The summed E-state index contributed by atoms with van der Waals surface area (Å²) < 4.78 is 0. The van der Waals surface area contributed by atoms with E-state index in [1.165, 1.54) is 16.8 Å². The van der Waals surface area contributed by atoms with E-state index < -0.39 is 0 Å². The summed E-state index contributed by atoms with van der Waals surface area (Å²) >= 11 is 0. The maximum atomic E-state index is 12.7. The van der Waals surface area contributed by atoms with Crippen molar-refractivity contribution in [2.24, 2.45) is 11.8 Å². The molecule has 3 rings (SSSR count). The molecule has 1 aromatic carbocycles. The molecule has 1 aliphatic carbocycles. The summed E-state index contributed by atoms with van der Waals surface area (Å²) in [5.74, 6) is -0.0125. The Bertz CT molecular complexity index is 680. The Balaban J connectivity index is 1.52. The smallest absolute Gasteiger partial charge is 0.226 e. The van der Waals surface area contributed by atoms with Gasteiger partial charge in [0.1, 0.15) is 0 Å². The standard InChI is InChI=1S/C21H31N3O2/c1-5-15(3)22-20(25)17-13-18(17)21(26)24-11-9-23(10-12-24)19-8-6-7-14(2)16(19)4/h6-8,15,17-18H,5,9-13H2,1-4H3,(H,22,25). The molecule has 1 heterocycles. The normalized spacial score (nSPS) is 23.5. The first-order valence-corrected chi connectivity index (χ1v) is 9.82. The third-order valence-electron chi connectivity index (χ3n) is 5.95. The van der Waals surface area contributed by atoms with Crippen LogP contribution in [-0.2, 0) is 9.59 Å². The van der Waals surface area contributed by atoms with Gasteiger partial charge in [-0.2, -0.15) is 0 Å². The number of aryl methyl sites for hydroxylation is 1. The highest BCUT2D eigenvalue weighted by atomic mass is 16.2. The molecule has 0 spiro atoms. The summed E-state index contributed by atoms with van der Waals surface area (Å²) in [7, 11) is 0. The van der Waals surface area contributed by atoms with Crippen LogP contribution >= 0.6 is 0 Å². The van der Waals surface area contributed by atoms with E-state index in [1.807, 2.05) is 11.8 Å². The molecule has 1 aromatic rings. The topological polar surface area (TPSA) is 52.7 Å². The molecule has 5 heteroatoms. The third-order valence-corrected chi connectivity index (χ3v) is 5.95. The number of hydrogen-bond donors (Lipinski definition) is 1. The fraction of sp³-hybridized carbons (Fsp3) is 0.619. The molecule has 26 heavy (non-hydrogen) atoms. The Hall–Kier alpha value is -2.04. The summed E-state index contributed by atoms with van der Waals surface area (Å²) in [5, 5.41) is 3.00. The van der Waals surface area contributed by atoms with Gasteiger partial charge in [0.2, 0.25) is 11.8 Å². The number of hydrogen-bond acceptors (Lipinski definition) is 3. The summed E-state index contributed by atoms with van der Waals surface area (Å²) in [4.78, 5) is 29.2. The average Bonchev–Trinajstić information content (AvgIpc) is 3.44. The largest absolute Gasteiger partial charge is 0.368 e. The minimum Gasteiger partial charge on any atom is -0.368 e. The van der Waals surface area contributed by atoms with Crippen LogP contribution in [0.5, 0.6) is 0 Å². The minimum absolute atomic E-state index is 0.0479. The lowest BCUT2D eigenvalue weighted by Gasteiger charge is -2.37. The van der Waals surface area contributed by atoms with Crippen LogP contribution in [0.3, 0.4) is 0 Å². The highest BCUT2D eigenvalue weighted by molar-refractivity contribution is 5.92. The van der Waals surface area contributed by atoms with Crippen LogP contribution in [0, 0.1) is 25.7 Å². The van der Waals surface area contributed by atoms with E-state index in [2.05, 4.69) is 49.2 Å². The second-order valence-electron chi connectivity index (χ2n) is 7.80. The number of carbonyl (C=O) groups is 2. The van der Waals surface area contributed by atoms with Crippen LogP contribution in [0.2, 0.25) is 0 Å². The van der Waals surface area contributed by atoms with Gasteiger partial charge in [0.05, 0.1) is 11.8 Å². The van der Waals surface area contributed by atoms with Crippen molar-refractivity contribution in [2.45, 2.75) is 46.6 Å². The first kappa shape index (κ1) is 18.7. The molecular weight excluding hydrogens is 326 g/mol. The fourth-order valence-corrected chi connectivity index (χ4v) is 3.69. The molecule has 1 aliphatic heterocycles. The molecule has 3 atom stereocenters. The highest BCUT2D eigenvalue weighted by Gasteiger charge is 2.49. The van der Waals surface area contributed by atoms with Crippen molar-refractivity contribution in [3.05, 3.63) is 29.3 Å². The Morgan fingerprint density at radius 1 is 1.15 bits per heavy atom. The van der Waals surface area contributed by atoms with Gasteiger partial charge in [0, 0.05) is 37.9 Å². The zero-order valence-corrected chi connectivity index (χ0v) is 16.4. The van der Waals surface area contributed by atoms with E-state index in [0.29, 0.717) is 6.42 Å². The van der Waals surface area contributed by atoms with E-state index in [1.54, 1.807) is 0 Å². The van der Waals surface area contributed by atoms with E-state index in [9.17, 15) is 9.59 Å². The Labute approximate surface area is 156 Å². The van der Waals surface area contributed by atoms with Crippen molar-refractivity contribution >= 4 is 17.5 Å². The zero-order valence-electron chi connectivity index (χ0n) is 16.4. The van der Waals surface area contributed by atoms with E-state index in [0.717, 1.165) is 32.6 Å². The SMILES string of the molecule is CCC(C)NC(=O)C1CC1C(=O)N1CCN(c2cccc(C)c2C)CC1. The Kier molecular flexibility index (Phi) is 5.54. The number of nitrogens with zero attached hydrogens (tertiary/aromatic N) is 2. The molecule has 3 unspecified atom stereocenters. The van der Waals surface area contributed by atoms with E-state index >= 15 is 0 Å². The second-order valence-corrected chi connectivity index (χ2v) is 7.80. The average molecular weight is 357 g/mol. The van der Waals surface area contributed by atoms with Crippen molar-refractivity contribution < 1.29 is 9.59 Å². The number of rotatable bonds is 5. The van der Waals surface area contributed by atoms with Crippen molar-refractivity contribution in [1.82, 2.24) is 10.2 Å². The van der Waals surface area contributed by atoms with Gasteiger partial charge in [0.25, 0.3) is 0 Å². The molecule has 2 fully saturated rings. The van der Waals surface area contributed by atoms with Gasteiger partial charge in [-0.15, -0.1) is 0 Å². The zero-order chi connectivity index (χ0) is 18.8. The van der Waals surface area contributed by atoms with E-state index in [-0.39, 0.29) is 29.7 Å². The fourth-order valence-electron chi connectivity index (χ4n) is 3.69. The highest BCUT2D eigenvalue weighted by Crippen LogP contribution is 2.40. The van der Waals surface area contributed by atoms with Crippen LogP contribution in [0.25, 0.3) is 0 Å². The molecule has 0 radical (unpaired) electrons. The predicted molar refractivity (Wildman–Crippen MR) is 104 cm³/mol. The molecule has 1 saturated heterocycles. The van der Waals surface area contributed by atoms with E-state index in [4.69, 9.17) is 0 Å². The Morgan fingerprint density at radius 3 is 2.50 bits per heavy atom.